The van der Waals surface area contributed by atoms with E-state index >= 15 is 0 Å². The topological polar surface area (TPSA) is 16.1 Å². The fourth-order valence-electron chi connectivity index (χ4n) is 2.31. The Kier molecular flexibility index (Phi) is 4.40. The number of nitrogens with zero attached hydrogens (tertiary/aromatic N) is 2. The molecule has 0 spiro atoms. The van der Waals surface area contributed by atoms with Crippen LogP contribution in [0.3, 0.4) is 0 Å². The average Bonchev–Trinajstić information content (AvgIpc) is 3.00. The molecule has 2 heterocycles. The molecule has 0 amide bonds. The maximum Gasteiger partial charge on any atom is 0.0901 e. The van der Waals surface area contributed by atoms with Gasteiger partial charge in [0, 0.05) is 29.7 Å². The second-order valence-electron chi connectivity index (χ2n) is 4.49. The normalized spacial score (nSPS) is 14.6. The molecule has 1 aromatic heterocycles. The van der Waals surface area contributed by atoms with E-state index in [2.05, 4.69) is 39.5 Å². The van der Waals surface area contributed by atoms with E-state index in [0.717, 1.165) is 10.7 Å². The third-order valence-corrected chi connectivity index (χ3v) is 4.03. The SMILES string of the molecule is Br.Cc1nc(-c2ccc(N3CCCC3)cc2)cs1. The Morgan fingerprint density at radius 2 is 1.78 bits per heavy atom. The van der Waals surface area contributed by atoms with Crippen LogP contribution in [0.1, 0.15) is 17.8 Å². The minimum absolute atomic E-state index is 0. The molecule has 0 aliphatic carbocycles. The van der Waals surface area contributed by atoms with Crippen LogP contribution >= 0.6 is 28.3 Å². The molecular formula is C14H17BrN2S. The lowest BCUT2D eigenvalue weighted by Gasteiger charge is -2.17. The Morgan fingerprint density at radius 3 is 2.33 bits per heavy atom. The molecule has 1 aromatic carbocycles. The zero-order valence-electron chi connectivity index (χ0n) is 10.4. The molecule has 1 fully saturated rings. The van der Waals surface area contributed by atoms with Gasteiger partial charge in [-0.1, -0.05) is 12.1 Å². The first-order chi connectivity index (χ1) is 8.33. The second-order valence-corrected chi connectivity index (χ2v) is 5.56. The lowest BCUT2D eigenvalue weighted by molar-refractivity contribution is 0.949. The molecule has 2 aromatic rings. The van der Waals surface area contributed by atoms with Gasteiger partial charge in [-0.3, -0.25) is 0 Å². The van der Waals surface area contributed by atoms with Gasteiger partial charge in [0.25, 0.3) is 0 Å². The summed E-state index contributed by atoms with van der Waals surface area (Å²) in [5, 5.41) is 3.25. The highest BCUT2D eigenvalue weighted by atomic mass is 79.9. The monoisotopic (exact) mass is 324 g/mol. The summed E-state index contributed by atoms with van der Waals surface area (Å²) < 4.78 is 0. The number of anilines is 1. The molecule has 1 saturated heterocycles. The van der Waals surface area contributed by atoms with E-state index in [1.165, 1.54) is 37.2 Å². The minimum atomic E-state index is 0. The molecule has 1 aliphatic heterocycles. The van der Waals surface area contributed by atoms with Crippen LogP contribution in [0.4, 0.5) is 5.69 Å². The van der Waals surface area contributed by atoms with E-state index in [4.69, 9.17) is 0 Å². The first-order valence-electron chi connectivity index (χ1n) is 6.10. The summed E-state index contributed by atoms with van der Waals surface area (Å²) in [5.41, 5.74) is 3.66. The van der Waals surface area contributed by atoms with E-state index in [9.17, 15) is 0 Å². The molecule has 0 N–H and O–H groups in total. The fraction of sp³-hybridized carbons (Fsp3) is 0.357. The Labute approximate surface area is 122 Å². The largest absolute Gasteiger partial charge is 0.372 e. The maximum absolute atomic E-state index is 4.51. The summed E-state index contributed by atoms with van der Waals surface area (Å²) in [7, 11) is 0. The van der Waals surface area contributed by atoms with Gasteiger partial charge in [0.2, 0.25) is 0 Å². The van der Waals surface area contributed by atoms with Gasteiger partial charge in [-0.15, -0.1) is 28.3 Å². The van der Waals surface area contributed by atoms with Gasteiger partial charge in [0.1, 0.15) is 0 Å². The summed E-state index contributed by atoms with van der Waals surface area (Å²) >= 11 is 1.71. The maximum atomic E-state index is 4.51. The van der Waals surface area contributed by atoms with Gasteiger partial charge in [0.05, 0.1) is 10.7 Å². The fourth-order valence-corrected chi connectivity index (χ4v) is 2.94. The van der Waals surface area contributed by atoms with Gasteiger partial charge in [0.15, 0.2) is 0 Å². The molecule has 2 nitrogen and oxygen atoms in total. The molecule has 0 radical (unpaired) electrons. The number of rotatable bonds is 2. The standard InChI is InChI=1S/C14H16N2S.BrH/c1-11-15-14(10-17-11)12-4-6-13(7-5-12)16-8-2-3-9-16;/h4-7,10H,2-3,8-9H2,1H3;1H. The Balaban J connectivity index is 0.00000120. The van der Waals surface area contributed by atoms with E-state index in [-0.39, 0.29) is 17.0 Å². The zero-order chi connectivity index (χ0) is 11.7. The third-order valence-electron chi connectivity index (χ3n) is 3.25. The predicted octanol–water partition coefficient (Wildman–Crippen LogP) is 4.30. The number of thiazole rings is 1. The molecule has 1 aliphatic rings. The molecule has 4 heteroatoms. The van der Waals surface area contributed by atoms with E-state index in [0.29, 0.717) is 0 Å². The van der Waals surface area contributed by atoms with Crippen molar-refractivity contribution in [3.05, 3.63) is 34.7 Å². The Morgan fingerprint density at radius 1 is 1.11 bits per heavy atom. The number of halogens is 1. The quantitative estimate of drug-likeness (QED) is 0.818. The van der Waals surface area contributed by atoms with Crippen LogP contribution in [-0.4, -0.2) is 18.1 Å². The van der Waals surface area contributed by atoms with Crippen molar-refractivity contribution in [2.45, 2.75) is 19.8 Å². The van der Waals surface area contributed by atoms with Crippen LogP contribution < -0.4 is 4.90 Å². The molecular weight excluding hydrogens is 308 g/mol. The van der Waals surface area contributed by atoms with Crippen molar-refractivity contribution in [2.24, 2.45) is 0 Å². The number of aromatic nitrogens is 1. The average molecular weight is 325 g/mol. The summed E-state index contributed by atoms with van der Waals surface area (Å²) in [5.74, 6) is 0. The highest BCUT2D eigenvalue weighted by Crippen LogP contribution is 2.26. The first kappa shape index (κ1) is 13.6. The smallest absolute Gasteiger partial charge is 0.0901 e. The zero-order valence-corrected chi connectivity index (χ0v) is 13.0. The molecule has 96 valence electrons. The predicted molar refractivity (Wildman–Crippen MR) is 84.1 cm³/mol. The van der Waals surface area contributed by atoms with E-state index < -0.39 is 0 Å². The number of hydrogen-bond donors (Lipinski definition) is 0. The summed E-state index contributed by atoms with van der Waals surface area (Å²) in [4.78, 5) is 6.97. The van der Waals surface area contributed by atoms with Crippen molar-refractivity contribution in [1.29, 1.82) is 0 Å². The highest BCUT2D eigenvalue weighted by Gasteiger charge is 2.12. The molecule has 3 rings (SSSR count). The second kappa shape index (κ2) is 5.85. The van der Waals surface area contributed by atoms with Gasteiger partial charge in [-0.05, 0) is 31.9 Å². The van der Waals surface area contributed by atoms with E-state index in [1.807, 2.05) is 6.92 Å². The lowest BCUT2D eigenvalue weighted by atomic mass is 10.1. The van der Waals surface area contributed by atoms with Crippen molar-refractivity contribution in [3.63, 3.8) is 0 Å². The Bertz CT molecular complexity index is 501. The van der Waals surface area contributed by atoms with Crippen LogP contribution in [0.25, 0.3) is 11.3 Å². The number of benzene rings is 1. The number of aryl methyl sites for hydroxylation is 1. The molecule has 18 heavy (non-hydrogen) atoms. The summed E-state index contributed by atoms with van der Waals surface area (Å²) in [6, 6.07) is 8.80. The molecule has 0 saturated carbocycles. The number of hydrogen-bond acceptors (Lipinski definition) is 3. The van der Waals surface area contributed by atoms with Gasteiger partial charge in [-0.25, -0.2) is 4.98 Å². The Hall–Kier alpha value is -0.870. The van der Waals surface area contributed by atoms with Crippen LogP contribution in [0.2, 0.25) is 0 Å². The summed E-state index contributed by atoms with van der Waals surface area (Å²) in [6.45, 7) is 4.46. The first-order valence-corrected chi connectivity index (χ1v) is 6.98. The highest BCUT2D eigenvalue weighted by molar-refractivity contribution is 8.93. The van der Waals surface area contributed by atoms with Crippen LogP contribution in [0, 0.1) is 6.92 Å². The van der Waals surface area contributed by atoms with Crippen molar-refractivity contribution in [1.82, 2.24) is 4.98 Å². The van der Waals surface area contributed by atoms with Gasteiger partial charge < -0.3 is 4.90 Å². The van der Waals surface area contributed by atoms with Crippen molar-refractivity contribution in [2.75, 3.05) is 18.0 Å². The van der Waals surface area contributed by atoms with Crippen molar-refractivity contribution in [3.8, 4) is 11.3 Å². The van der Waals surface area contributed by atoms with Crippen LogP contribution in [-0.2, 0) is 0 Å². The molecule has 0 bridgehead atoms. The van der Waals surface area contributed by atoms with E-state index in [1.54, 1.807) is 11.3 Å². The summed E-state index contributed by atoms with van der Waals surface area (Å²) in [6.07, 6.45) is 2.65. The molecule has 0 unspecified atom stereocenters. The third kappa shape index (κ3) is 2.75. The van der Waals surface area contributed by atoms with Gasteiger partial charge >= 0.3 is 0 Å². The minimum Gasteiger partial charge on any atom is -0.372 e. The lowest BCUT2D eigenvalue weighted by Crippen LogP contribution is -2.17. The van der Waals surface area contributed by atoms with Gasteiger partial charge in [-0.2, -0.15) is 0 Å². The van der Waals surface area contributed by atoms with Crippen LogP contribution in [0.5, 0.6) is 0 Å². The van der Waals surface area contributed by atoms with Crippen LogP contribution in [0.15, 0.2) is 29.6 Å². The van der Waals surface area contributed by atoms with Crippen molar-refractivity contribution >= 4 is 34.0 Å². The molecule has 0 atom stereocenters. The van der Waals surface area contributed by atoms with Crippen molar-refractivity contribution < 1.29 is 0 Å².